The number of hydrogen-bond acceptors (Lipinski definition) is 3. The molecule has 1 aliphatic carbocycles. The van der Waals surface area contributed by atoms with Gasteiger partial charge in [0, 0.05) is 13.0 Å². The maximum absolute atomic E-state index is 12.1. The SMILES string of the molecule is Cl.FC(F)Oc1ccc2c(c1)C[C@H]1OCCN[C@@H]21. The molecule has 0 bridgehead atoms. The monoisotopic (exact) mass is 277 g/mol. The van der Waals surface area contributed by atoms with E-state index < -0.39 is 6.61 Å². The van der Waals surface area contributed by atoms with Crippen LogP contribution in [0.1, 0.15) is 17.2 Å². The molecular formula is C12H14ClF2NO2. The van der Waals surface area contributed by atoms with E-state index >= 15 is 0 Å². The molecule has 0 radical (unpaired) electrons. The zero-order chi connectivity index (χ0) is 11.8. The number of halogens is 3. The molecule has 18 heavy (non-hydrogen) atoms. The first-order valence-electron chi connectivity index (χ1n) is 5.66. The minimum Gasteiger partial charge on any atom is -0.435 e. The molecule has 1 aliphatic heterocycles. The van der Waals surface area contributed by atoms with Gasteiger partial charge in [0.1, 0.15) is 5.75 Å². The summed E-state index contributed by atoms with van der Waals surface area (Å²) in [6.45, 7) is -1.24. The quantitative estimate of drug-likeness (QED) is 0.900. The lowest BCUT2D eigenvalue weighted by atomic mass is 10.1. The molecule has 3 nitrogen and oxygen atoms in total. The summed E-state index contributed by atoms with van der Waals surface area (Å²) < 4.78 is 34.3. The molecule has 2 aliphatic rings. The van der Waals surface area contributed by atoms with Gasteiger partial charge in [-0.2, -0.15) is 8.78 Å². The smallest absolute Gasteiger partial charge is 0.387 e. The summed E-state index contributed by atoms with van der Waals surface area (Å²) in [4.78, 5) is 0. The molecule has 100 valence electrons. The maximum Gasteiger partial charge on any atom is 0.387 e. The second kappa shape index (κ2) is 5.38. The molecular weight excluding hydrogens is 264 g/mol. The summed E-state index contributed by atoms with van der Waals surface area (Å²) in [5, 5.41) is 3.38. The van der Waals surface area contributed by atoms with Crippen LogP contribution < -0.4 is 10.1 Å². The molecule has 1 aromatic rings. The van der Waals surface area contributed by atoms with E-state index in [1.807, 2.05) is 6.07 Å². The molecule has 0 spiro atoms. The van der Waals surface area contributed by atoms with E-state index in [2.05, 4.69) is 10.1 Å². The van der Waals surface area contributed by atoms with Crippen LogP contribution in [0.25, 0.3) is 0 Å². The van der Waals surface area contributed by atoms with Gasteiger partial charge in [-0.3, -0.25) is 0 Å². The van der Waals surface area contributed by atoms with E-state index in [0.29, 0.717) is 6.61 Å². The van der Waals surface area contributed by atoms with Gasteiger partial charge in [-0.1, -0.05) is 6.07 Å². The fourth-order valence-electron chi connectivity index (χ4n) is 2.59. The van der Waals surface area contributed by atoms with Crippen LogP contribution in [0.5, 0.6) is 5.75 Å². The Labute approximate surface area is 110 Å². The number of rotatable bonds is 2. The van der Waals surface area contributed by atoms with Gasteiger partial charge in [0.2, 0.25) is 0 Å². The molecule has 3 rings (SSSR count). The molecule has 0 unspecified atom stereocenters. The minimum absolute atomic E-state index is 0. The number of alkyl halides is 2. The van der Waals surface area contributed by atoms with Crippen molar-refractivity contribution in [1.29, 1.82) is 0 Å². The number of fused-ring (bicyclic) bond motifs is 3. The van der Waals surface area contributed by atoms with Gasteiger partial charge in [0.25, 0.3) is 0 Å². The number of ether oxygens (including phenoxy) is 2. The highest BCUT2D eigenvalue weighted by Crippen LogP contribution is 2.36. The highest BCUT2D eigenvalue weighted by Gasteiger charge is 2.35. The molecule has 1 saturated heterocycles. The molecule has 0 aromatic heterocycles. The van der Waals surface area contributed by atoms with Gasteiger partial charge in [0.15, 0.2) is 0 Å². The normalized spacial score (nSPS) is 25.3. The Kier molecular flexibility index (Phi) is 4.04. The van der Waals surface area contributed by atoms with Gasteiger partial charge in [0.05, 0.1) is 18.8 Å². The molecule has 0 amide bonds. The van der Waals surface area contributed by atoms with Crippen molar-refractivity contribution in [2.24, 2.45) is 0 Å². The molecule has 0 saturated carbocycles. The van der Waals surface area contributed by atoms with Crippen molar-refractivity contribution in [3.63, 3.8) is 0 Å². The van der Waals surface area contributed by atoms with Gasteiger partial charge in [-0.25, -0.2) is 0 Å². The third-order valence-corrected chi connectivity index (χ3v) is 3.27. The number of benzene rings is 1. The third-order valence-electron chi connectivity index (χ3n) is 3.27. The van der Waals surface area contributed by atoms with Crippen molar-refractivity contribution in [2.75, 3.05) is 13.2 Å². The van der Waals surface area contributed by atoms with E-state index in [4.69, 9.17) is 4.74 Å². The van der Waals surface area contributed by atoms with Crippen LogP contribution in [0.2, 0.25) is 0 Å². The van der Waals surface area contributed by atoms with Crippen LogP contribution in [-0.4, -0.2) is 25.9 Å². The van der Waals surface area contributed by atoms with Crippen molar-refractivity contribution in [3.8, 4) is 5.75 Å². The van der Waals surface area contributed by atoms with E-state index in [-0.39, 0.29) is 30.3 Å². The second-order valence-corrected chi connectivity index (χ2v) is 4.28. The van der Waals surface area contributed by atoms with Crippen LogP contribution in [0.4, 0.5) is 8.78 Å². The van der Waals surface area contributed by atoms with Gasteiger partial charge < -0.3 is 14.8 Å². The summed E-state index contributed by atoms with van der Waals surface area (Å²) in [5.74, 6) is 0.220. The summed E-state index contributed by atoms with van der Waals surface area (Å²) in [6.07, 6.45) is 0.883. The highest BCUT2D eigenvalue weighted by atomic mass is 35.5. The summed E-state index contributed by atoms with van der Waals surface area (Å²) in [7, 11) is 0. The molecule has 1 N–H and O–H groups in total. The minimum atomic E-state index is -2.77. The maximum atomic E-state index is 12.1. The topological polar surface area (TPSA) is 30.5 Å². The highest BCUT2D eigenvalue weighted by molar-refractivity contribution is 5.85. The average Bonchev–Trinajstić information content (AvgIpc) is 2.65. The predicted octanol–water partition coefficient (Wildman–Crippen LogP) is 2.30. The second-order valence-electron chi connectivity index (χ2n) is 4.28. The summed E-state index contributed by atoms with van der Waals surface area (Å²) in [6, 6.07) is 5.31. The van der Waals surface area contributed by atoms with Crippen molar-refractivity contribution in [1.82, 2.24) is 5.32 Å². The Morgan fingerprint density at radius 1 is 1.39 bits per heavy atom. The van der Waals surface area contributed by atoms with E-state index in [1.165, 1.54) is 0 Å². The van der Waals surface area contributed by atoms with Crippen LogP contribution in [0.15, 0.2) is 18.2 Å². The number of morpholine rings is 1. The van der Waals surface area contributed by atoms with Crippen molar-refractivity contribution in [3.05, 3.63) is 29.3 Å². The zero-order valence-corrected chi connectivity index (χ0v) is 10.4. The van der Waals surface area contributed by atoms with Crippen molar-refractivity contribution in [2.45, 2.75) is 25.2 Å². The van der Waals surface area contributed by atoms with Crippen molar-refractivity contribution >= 4 is 12.4 Å². The fourth-order valence-corrected chi connectivity index (χ4v) is 2.59. The van der Waals surface area contributed by atoms with E-state index in [9.17, 15) is 8.78 Å². The summed E-state index contributed by atoms with van der Waals surface area (Å²) in [5.41, 5.74) is 2.17. The Hall–Kier alpha value is -0.910. The van der Waals surface area contributed by atoms with E-state index in [1.54, 1.807) is 12.1 Å². The lowest BCUT2D eigenvalue weighted by Gasteiger charge is -2.27. The molecule has 6 heteroatoms. The predicted molar refractivity (Wildman–Crippen MR) is 64.5 cm³/mol. The van der Waals surface area contributed by atoms with Crippen LogP contribution in [0, 0.1) is 0 Å². The van der Waals surface area contributed by atoms with Gasteiger partial charge in [-0.15, -0.1) is 12.4 Å². The molecule has 1 aromatic carbocycles. The Morgan fingerprint density at radius 3 is 3.00 bits per heavy atom. The first kappa shape index (κ1) is 13.5. The molecule has 1 fully saturated rings. The van der Waals surface area contributed by atoms with Gasteiger partial charge >= 0.3 is 6.61 Å². The molecule has 1 heterocycles. The van der Waals surface area contributed by atoms with Crippen molar-refractivity contribution < 1.29 is 18.3 Å². The Bertz CT molecular complexity index is 431. The first-order valence-corrected chi connectivity index (χ1v) is 5.66. The lowest BCUT2D eigenvalue weighted by Crippen LogP contribution is -2.39. The third kappa shape index (κ3) is 2.43. The summed E-state index contributed by atoms with van der Waals surface area (Å²) >= 11 is 0. The fraction of sp³-hybridized carbons (Fsp3) is 0.500. The zero-order valence-electron chi connectivity index (χ0n) is 9.57. The van der Waals surface area contributed by atoms with Gasteiger partial charge in [-0.05, 0) is 23.3 Å². The number of hydrogen-bond donors (Lipinski definition) is 1. The van der Waals surface area contributed by atoms with E-state index in [0.717, 1.165) is 24.1 Å². The van der Waals surface area contributed by atoms with Crippen LogP contribution in [0.3, 0.4) is 0 Å². The average molecular weight is 278 g/mol. The molecule has 2 atom stereocenters. The number of nitrogens with one attached hydrogen (secondary N) is 1. The standard InChI is InChI=1S/C12H13F2NO2.ClH/c13-12(14)17-8-1-2-9-7(5-8)6-10-11(9)15-3-4-16-10;/h1-2,5,10-12,15H,3-4,6H2;1H/t10-,11+;/m1./s1. The van der Waals surface area contributed by atoms with Crippen LogP contribution in [-0.2, 0) is 11.2 Å². The van der Waals surface area contributed by atoms with Crippen LogP contribution >= 0.6 is 12.4 Å². The first-order chi connectivity index (χ1) is 8.24. The Morgan fingerprint density at radius 2 is 2.22 bits per heavy atom. The largest absolute Gasteiger partial charge is 0.435 e. The lowest BCUT2D eigenvalue weighted by molar-refractivity contribution is -0.0498. The Balaban J connectivity index is 0.00000120.